The Labute approximate surface area is 243 Å². The van der Waals surface area contributed by atoms with Crippen LogP contribution in [0, 0.1) is 12.7 Å². The van der Waals surface area contributed by atoms with Gasteiger partial charge in [0.05, 0.1) is 11.9 Å². The van der Waals surface area contributed by atoms with Crippen molar-refractivity contribution in [3.63, 3.8) is 0 Å². The Balaban J connectivity index is 1.89. The molecule has 0 aliphatic rings. The number of sulfonamides is 1. The fraction of sp³-hybridized carbons (Fsp3) is 0.375. The number of nitrogens with one attached hydrogen (secondary N) is 1. The van der Waals surface area contributed by atoms with Gasteiger partial charge in [-0.25, -0.2) is 12.8 Å². The molecule has 0 heterocycles. The van der Waals surface area contributed by atoms with Gasteiger partial charge in [0.2, 0.25) is 21.8 Å². The molecule has 3 aromatic rings. The van der Waals surface area contributed by atoms with Gasteiger partial charge in [-0.05, 0) is 67.6 Å². The van der Waals surface area contributed by atoms with Gasteiger partial charge >= 0.3 is 0 Å². The van der Waals surface area contributed by atoms with Crippen LogP contribution in [0.5, 0.6) is 0 Å². The lowest BCUT2D eigenvalue weighted by Gasteiger charge is -2.32. The van der Waals surface area contributed by atoms with Gasteiger partial charge < -0.3 is 10.2 Å². The molecule has 3 rings (SSSR count). The summed E-state index contributed by atoms with van der Waals surface area (Å²) in [6.45, 7) is 5.99. The van der Waals surface area contributed by atoms with Crippen molar-refractivity contribution in [2.24, 2.45) is 0 Å². The summed E-state index contributed by atoms with van der Waals surface area (Å²) in [6, 6.07) is 21.7. The molecule has 220 valence electrons. The highest BCUT2D eigenvalue weighted by Gasteiger charge is 2.31. The Morgan fingerprint density at radius 3 is 2.24 bits per heavy atom. The van der Waals surface area contributed by atoms with Crippen LogP contribution in [0.2, 0.25) is 0 Å². The van der Waals surface area contributed by atoms with Crippen LogP contribution in [0.1, 0.15) is 49.8 Å². The van der Waals surface area contributed by atoms with E-state index in [0.29, 0.717) is 17.7 Å². The van der Waals surface area contributed by atoms with Crippen molar-refractivity contribution >= 4 is 27.5 Å². The van der Waals surface area contributed by atoms with E-state index in [1.807, 2.05) is 57.2 Å². The highest BCUT2D eigenvalue weighted by atomic mass is 32.2. The maximum absolute atomic E-state index is 13.8. The summed E-state index contributed by atoms with van der Waals surface area (Å²) in [7, 11) is -3.58. The Kier molecular flexibility index (Phi) is 11.5. The molecular weight excluding hydrogens is 541 g/mol. The Bertz CT molecular complexity index is 1400. The van der Waals surface area contributed by atoms with Crippen molar-refractivity contribution in [2.45, 2.75) is 65.1 Å². The lowest BCUT2D eigenvalue weighted by molar-refractivity contribution is -0.141. The first-order valence-corrected chi connectivity index (χ1v) is 15.7. The van der Waals surface area contributed by atoms with Crippen LogP contribution in [-0.4, -0.2) is 50.0 Å². The zero-order valence-electron chi connectivity index (χ0n) is 24.2. The summed E-state index contributed by atoms with van der Waals surface area (Å²) < 4.78 is 40.1. The molecule has 3 aromatic carbocycles. The Hall–Kier alpha value is -3.72. The van der Waals surface area contributed by atoms with E-state index in [1.54, 1.807) is 30.3 Å². The summed E-state index contributed by atoms with van der Waals surface area (Å²) in [5, 5.41) is 3.02. The van der Waals surface area contributed by atoms with Crippen molar-refractivity contribution in [1.29, 1.82) is 0 Å². The standard InChI is InChI=1S/C32H40FN3O4S/c1-5-25(3)34-32(38)30(22-26-12-7-6-8-13-26)35(23-27-16-18-28(33)19-17-27)31(37)15-10-20-36(41(4,39)40)29-14-9-11-24(2)21-29/h6-9,11-14,16-19,21,25,30H,5,10,15,20,22-23H2,1-4H3,(H,34,38). The molecular formula is C32H40FN3O4S. The number of carbonyl (C=O) groups is 2. The van der Waals surface area contributed by atoms with Gasteiger partial charge in [-0.1, -0.05) is 61.5 Å². The SMILES string of the molecule is CCC(C)NC(=O)C(Cc1ccccc1)N(Cc1ccc(F)cc1)C(=O)CCCN(c1cccc(C)c1)S(C)(=O)=O. The van der Waals surface area contributed by atoms with E-state index in [1.165, 1.54) is 21.3 Å². The van der Waals surface area contributed by atoms with E-state index in [2.05, 4.69) is 5.32 Å². The van der Waals surface area contributed by atoms with Gasteiger partial charge in [0.15, 0.2) is 0 Å². The molecule has 0 radical (unpaired) electrons. The summed E-state index contributed by atoms with van der Waals surface area (Å²) in [6.07, 6.45) is 2.46. The van der Waals surface area contributed by atoms with Crippen LogP contribution in [0.25, 0.3) is 0 Å². The fourth-order valence-corrected chi connectivity index (χ4v) is 5.53. The first kappa shape index (κ1) is 31.8. The van der Waals surface area contributed by atoms with Crippen LogP contribution < -0.4 is 9.62 Å². The molecule has 2 atom stereocenters. The normalized spacial score (nSPS) is 12.8. The predicted octanol–water partition coefficient (Wildman–Crippen LogP) is 5.24. The average molecular weight is 582 g/mol. The van der Waals surface area contributed by atoms with E-state index >= 15 is 0 Å². The minimum atomic E-state index is -3.58. The van der Waals surface area contributed by atoms with Gasteiger partial charge in [-0.2, -0.15) is 0 Å². The first-order valence-electron chi connectivity index (χ1n) is 13.9. The third-order valence-corrected chi connectivity index (χ3v) is 8.17. The topological polar surface area (TPSA) is 86.8 Å². The lowest BCUT2D eigenvalue weighted by Crippen LogP contribution is -2.52. The van der Waals surface area contributed by atoms with E-state index in [0.717, 1.165) is 23.8 Å². The molecule has 0 aromatic heterocycles. The van der Waals surface area contributed by atoms with Crippen molar-refractivity contribution in [3.05, 3.63) is 101 Å². The molecule has 7 nitrogen and oxygen atoms in total. The first-order chi connectivity index (χ1) is 19.5. The second-order valence-corrected chi connectivity index (χ2v) is 12.4. The van der Waals surface area contributed by atoms with Crippen LogP contribution in [0.3, 0.4) is 0 Å². The third-order valence-electron chi connectivity index (χ3n) is 6.98. The second kappa shape index (κ2) is 14.8. The number of rotatable bonds is 14. The molecule has 0 aliphatic carbocycles. The highest BCUT2D eigenvalue weighted by Crippen LogP contribution is 2.21. The largest absolute Gasteiger partial charge is 0.352 e. The molecule has 9 heteroatoms. The molecule has 0 fully saturated rings. The highest BCUT2D eigenvalue weighted by molar-refractivity contribution is 7.92. The molecule has 0 saturated carbocycles. The number of benzene rings is 3. The van der Waals surface area contributed by atoms with Crippen LogP contribution in [0.15, 0.2) is 78.9 Å². The van der Waals surface area contributed by atoms with Crippen LogP contribution >= 0.6 is 0 Å². The summed E-state index contributed by atoms with van der Waals surface area (Å²) in [5.41, 5.74) is 3.05. The lowest BCUT2D eigenvalue weighted by atomic mass is 10.0. The summed E-state index contributed by atoms with van der Waals surface area (Å²) in [5.74, 6) is -0.942. The molecule has 2 amide bonds. The molecule has 41 heavy (non-hydrogen) atoms. The van der Waals surface area contributed by atoms with Crippen molar-refractivity contribution in [2.75, 3.05) is 17.1 Å². The second-order valence-electron chi connectivity index (χ2n) is 10.4. The van der Waals surface area contributed by atoms with Crippen molar-refractivity contribution in [3.8, 4) is 0 Å². The number of aryl methyl sites for hydroxylation is 1. The number of hydrogen-bond acceptors (Lipinski definition) is 4. The zero-order valence-corrected chi connectivity index (χ0v) is 25.0. The van der Waals surface area contributed by atoms with Gasteiger partial charge in [0.25, 0.3) is 0 Å². The molecule has 0 bridgehead atoms. The minimum absolute atomic E-state index is 0.0287. The molecule has 1 N–H and O–H groups in total. The molecule has 0 saturated heterocycles. The van der Waals surface area contributed by atoms with Crippen LogP contribution in [-0.2, 0) is 32.6 Å². The predicted molar refractivity (Wildman–Crippen MR) is 161 cm³/mol. The zero-order chi connectivity index (χ0) is 30.0. The number of hydrogen-bond donors (Lipinski definition) is 1. The quantitative estimate of drug-likeness (QED) is 0.282. The Morgan fingerprint density at radius 2 is 1.63 bits per heavy atom. The maximum Gasteiger partial charge on any atom is 0.243 e. The van der Waals surface area contributed by atoms with Gasteiger partial charge in [-0.3, -0.25) is 13.9 Å². The van der Waals surface area contributed by atoms with Gasteiger partial charge in [0, 0.05) is 32.0 Å². The van der Waals surface area contributed by atoms with E-state index in [4.69, 9.17) is 0 Å². The van der Waals surface area contributed by atoms with Crippen molar-refractivity contribution in [1.82, 2.24) is 10.2 Å². The van der Waals surface area contributed by atoms with E-state index < -0.39 is 16.1 Å². The molecule has 0 spiro atoms. The average Bonchev–Trinajstić information content (AvgIpc) is 2.93. The van der Waals surface area contributed by atoms with Crippen LogP contribution in [0.4, 0.5) is 10.1 Å². The van der Waals surface area contributed by atoms with Crippen molar-refractivity contribution < 1.29 is 22.4 Å². The number of halogens is 1. The van der Waals surface area contributed by atoms with E-state index in [-0.39, 0.29) is 49.6 Å². The summed E-state index contributed by atoms with van der Waals surface area (Å²) >= 11 is 0. The van der Waals surface area contributed by atoms with Gasteiger partial charge in [0.1, 0.15) is 11.9 Å². The van der Waals surface area contributed by atoms with E-state index in [9.17, 15) is 22.4 Å². The monoisotopic (exact) mass is 581 g/mol. The number of nitrogens with zero attached hydrogens (tertiary/aromatic N) is 2. The number of carbonyl (C=O) groups excluding carboxylic acids is 2. The Morgan fingerprint density at radius 1 is 0.951 bits per heavy atom. The third kappa shape index (κ3) is 9.70. The molecule has 2 unspecified atom stereocenters. The maximum atomic E-state index is 13.8. The minimum Gasteiger partial charge on any atom is -0.352 e. The fourth-order valence-electron chi connectivity index (χ4n) is 4.57. The smallest absolute Gasteiger partial charge is 0.243 e. The number of anilines is 1. The number of amides is 2. The molecule has 0 aliphatic heterocycles. The summed E-state index contributed by atoms with van der Waals surface area (Å²) in [4.78, 5) is 29.0. The van der Waals surface area contributed by atoms with Gasteiger partial charge in [-0.15, -0.1) is 0 Å².